The number of carboxylic acid groups (broad SMARTS) is 1. The normalized spacial score (nSPS) is 13.1. The molecule has 0 aliphatic heterocycles. The minimum Gasteiger partial charge on any atom is -0.480 e. The summed E-state index contributed by atoms with van der Waals surface area (Å²) in [6, 6.07) is 26.0. The molecule has 0 saturated heterocycles. The van der Waals surface area contributed by atoms with E-state index in [2.05, 4.69) is 33.4 Å². The number of rotatable bonds is 7. The number of benzene rings is 3. The molecule has 4 aromatic rings. The quantitative estimate of drug-likeness (QED) is 0.294. The van der Waals surface area contributed by atoms with Crippen LogP contribution in [-0.2, 0) is 16.0 Å². The molecule has 1 atom stereocenters. The Labute approximate surface area is 210 Å². The zero-order valence-corrected chi connectivity index (χ0v) is 20.2. The third-order valence-electron chi connectivity index (χ3n) is 6.14. The maximum atomic E-state index is 12.6. The van der Waals surface area contributed by atoms with Crippen LogP contribution in [0.4, 0.5) is 4.79 Å². The van der Waals surface area contributed by atoms with Gasteiger partial charge in [-0.2, -0.15) is 0 Å². The van der Waals surface area contributed by atoms with Crippen molar-refractivity contribution in [1.82, 2.24) is 5.32 Å². The van der Waals surface area contributed by atoms with Gasteiger partial charge < -0.3 is 19.6 Å². The summed E-state index contributed by atoms with van der Waals surface area (Å²) < 4.78 is 12.2. The fraction of sp³-hybridized carbons (Fsp3) is 0.143. The van der Waals surface area contributed by atoms with Crippen LogP contribution in [0.1, 0.15) is 22.8 Å². The monoisotopic (exact) mass is 531 g/mol. The number of carbonyl (C=O) groups is 2. The van der Waals surface area contributed by atoms with Gasteiger partial charge in [-0.05, 0) is 40.5 Å². The molecule has 0 spiro atoms. The molecule has 0 saturated carbocycles. The number of ether oxygens (including phenoxy) is 1. The molecule has 35 heavy (non-hydrogen) atoms. The van der Waals surface area contributed by atoms with E-state index in [4.69, 9.17) is 9.15 Å². The Balaban J connectivity index is 1.25. The van der Waals surface area contributed by atoms with E-state index in [1.807, 2.05) is 60.7 Å². The predicted molar refractivity (Wildman–Crippen MR) is 135 cm³/mol. The summed E-state index contributed by atoms with van der Waals surface area (Å²) in [5, 5.41) is 12.1. The lowest BCUT2D eigenvalue weighted by Gasteiger charge is -2.17. The zero-order chi connectivity index (χ0) is 24.4. The SMILES string of the molecule is O=C(NC(Cc1ccc(-c2ccccc2Br)o1)C(=O)O)OCC1c2ccccc2-c2ccccc21. The number of aliphatic carboxylic acids is 1. The number of hydrogen-bond donors (Lipinski definition) is 2. The summed E-state index contributed by atoms with van der Waals surface area (Å²) >= 11 is 3.49. The summed E-state index contributed by atoms with van der Waals surface area (Å²) in [5.74, 6) is -0.217. The fourth-order valence-electron chi connectivity index (χ4n) is 4.48. The largest absolute Gasteiger partial charge is 0.480 e. The molecular formula is C28H22BrNO5. The van der Waals surface area contributed by atoms with E-state index in [0.717, 1.165) is 32.3 Å². The molecule has 1 aliphatic rings. The van der Waals surface area contributed by atoms with Gasteiger partial charge in [0.25, 0.3) is 0 Å². The van der Waals surface area contributed by atoms with Gasteiger partial charge in [0, 0.05) is 22.4 Å². The third-order valence-corrected chi connectivity index (χ3v) is 6.83. The maximum Gasteiger partial charge on any atom is 0.407 e. The Morgan fingerprint density at radius 2 is 1.49 bits per heavy atom. The molecule has 2 N–H and O–H groups in total. The summed E-state index contributed by atoms with van der Waals surface area (Å²) in [5.41, 5.74) is 5.28. The molecule has 0 fully saturated rings. The van der Waals surface area contributed by atoms with E-state index in [-0.39, 0.29) is 18.9 Å². The molecule has 1 heterocycles. The highest BCUT2D eigenvalue weighted by Gasteiger charge is 2.30. The van der Waals surface area contributed by atoms with E-state index in [9.17, 15) is 14.7 Å². The second kappa shape index (κ2) is 9.80. The molecule has 1 amide bonds. The van der Waals surface area contributed by atoms with E-state index in [1.54, 1.807) is 12.1 Å². The van der Waals surface area contributed by atoms with Crippen molar-refractivity contribution >= 4 is 28.0 Å². The van der Waals surface area contributed by atoms with Crippen LogP contribution in [0.2, 0.25) is 0 Å². The number of furan rings is 1. The topological polar surface area (TPSA) is 88.8 Å². The molecular weight excluding hydrogens is 510 g/mol. The Kier molecular flexibility index (Phi) is 6.42. The molecule has 7 heteroatoms. The number of amides is 1. The minimum atomic E-state index is -1.19. The molecule has 1 unspecified atom stereocenters. The van der Waals surface area contributed by atoms with Gasteiger partial charge in [0.15, 0.2) is 0 Å². The highest BCUT2D eigenvalue weighted by molar-refractivity contribution is 9.10. The molecule has 0 radical (unpaired) electrons. The number of carbonyl (C=O) groups excluding carboxylic acids is 1. The average molecular weight is 532 g/mol. The van der Waals surface area contributed by atoms with Crippen LogP contribution in [0, 0.1) is 0 Å². The van der Waals surface area contributed by atoms with Gasteiger partial charge in [-0.15, -0.1) is 0 Å². The van der Waals surface area contributed by atoms with Gasteiger partial charge in [0.1, 0.15) is 24.2 Å². The first-order chi connectivity index (χ1) is 17.0. The zero-order valence-electron chi connectivity index (χ0n) is 18.6. The first-order valence-corrected chi connectivity index (χ1v) is 12.0. The Morgan fingerprint density at radius 3 is 2.11 bits per heavy atom. The number of halogens is 1. The number of alkyl carbamates (subject to hydrolysis) is 1. The van der Waals surface area contributed by atoms with Crippen molar-refractivity contribution in [3.8, 4) is 22.5 Å². The lowest BCUT2D eigenvalue weighted by Crippen LogP contribution is -2.42. The molecule has 0 bridgehead atoms. The van der Waals surface area contributed by atoms with E-state index in [1.165, 1.54) is 0 Å². The lowest BCUT2D eigenvalue weighted by atomic mass is 9.98. The second-order valence-corrected chi connectivity index (χ2v) is 9.16. The van der Waals surface area contributed by atoms with Gasteiger partial charge in [0.2, 0.25) is 0 Å². The number of carboxylic acids is 1. The summed E-state index contributed by atoms with van der Waals surface area (Å²) in [6.07, 6.45) is -0.791. The molecule has 176 valence electrons. The molecule has 5 rings (SSSR count). The van der Waals surface area contributed by atoms with Crippen molar-refractivity contribution in [3.05, 3.63) is 106 Å². The minimum absolute atomic E-state index is 0.00994. The number of fused-ring (bicyclic) bond motifs is 3. The van der Waals surface area contributed by atoms with Crippen LogP contribution in [0.25, 0.3) is 22.5 Å². The van der Waals surface area contributed by atoms with Gasteiger partial charge in [0.05, 0.1) is 0 Å². The van der Waals surface area contributed by atoms with Gasteiger partial charge in [-0.3, -0.25) is 0 Å². The van der Waals surface area contributed by atoms with Crippen molar-refractivity contribution < 1.29 is 23.8 Å². The van der Waals surface area contributed by atoms with Gasteiger partial charge >= 0.3 is 12.1 Å². The Morgan fingerprint density at radius 1 is 0.886 bits per heavy atom. The van der Waals surface area contributed by atoms with Crippen molar-refractivity contribution in [3.63, 3.8) is 0 Å². The van der Waals surface area contributed by atoms with Crippen LogP contribution >= 0.6 is 15.9 Å². The Bertz CT molecular complexity index is 1350. The maximum absolute atomic E-state index is 12.6. The van der Waals surface area contributed by atoms with Crippen molar-refractivity contribution in [1.29, 1.82) is 0 Å². The van der Waals surface area contributed by atoms with Crippen LogP contribution in [0.15, 0.2) is 93.8 Å². The standard InChI is InChI=1S/C28H22BrNO5/c29-24-12-6-5-11-22(24)26-14-13-17(35-26)15-25(27(31)32)30-28(33)34-16-23-20-9-3-1-7-18(20)19-8-2-4-10-21(19)23/h1-14,23,25H,15-16H2,(H,30,33)(H,31,32). The van der Waals surface area contributed by atoms with Gasteiger partial charge in [-0.25, -0.2) is 9.59 Å². The number of hydrogen-bond acceptors (Lipinski definition) is 4. The van der Waals surface area contributed by atoms with Crippen molar-refractivity contribution in [2.24, 2.45) is 0 Å². The van der Waals surface area contributed by atoms with Crippen LogP contribution in [0.5, 0.6) is 0 Å². The third kappa shape index (κ3) is 4.72. The van der Waals surface area contributed by atoms with Crippen LogP contribution in [-0.4, -0.2) is 29.8 Å². The molecule has 6 nitrogen and oxygen atoms in total. The Hall–Kier alpha value is -3.84. The summed E-state index contributed by atoms with van der Waals surface area (Å²) in [4.78, 5) is 24.4. The fourth-order valence-corrected chi connectivity index (χ4v) is 4.96. The lowest BCUT2D eigenvalue weighted by molar-refractivity contribution is -0.139. The molecule has 1 aliphatic carbocycles. The van der Waals surface area contributed by atoms with Crippen molar-refractivity contribution in [2.45, 2.75) is 18.4 Å². The summed E-state index contributed by atoms with van der Waals surface area (Å²) in [6.45, 7) is 0.110. The van der Waals surface area contributed by atoms with E-state index < -0.39 is 18.1 Å². The number of nitrogens with one attached hydrogen (secondary N) is 1. The van der Waals surface area contributed by atoms with Gasteiger partial charge in [-0.1, -0.05) is 82.7 Å². The van der Waals surface area contributed by atoms with Crippen molar-refractivity contribution in [2.75, 3.05) is 6.61 Å². The molecule has 1 aromatic heterocycles. The molecule has 3 aromatic carbocycles. The second-order valence-electron chi connectivity index (χ2n) is 8.31. The predicted octanol–water partition coefficient (Wildman–Crippen LogP) is 6.24. The highest BCUT2D eigenvalue weighted by Crippen LogP contribution is 2.44. The first kappa shape index (κ1) is 22.9. The smallest absolute Gasteiger partial charge is 0.407 e. The van der Waals surface area contributed by atoms with E-state index >= 15 is 0 Å². The van der Waals surface area contributed by atoms with Crippen LogP contribution < -0.4 is 5.32 Å². The average Bonchev–Trinajstić information content (AvgIpc) is 3.45. The highest BCUT2D eigenvalue weighted by atomic mass is 79.9. The van der Waals surface area contributed by atoms with E-state index in [0.29, 0.717) is 11.5 Å². The summed E-state index contributed by atoms with van der Waals surface area (Å²) in [7, 11) is 0. The first-order valence-electron chi connectivity index (χ1n) is 11.2. The van der Waals surface area contributed by atoms with Crippen LogP contribution in [0.3, 0.4) is 0 Å².